The molecule has 2 N–H and O–H groups in total. The van der Waals surface area contributed by atoms with Crippen LogP contribution in [0.2, 0.25) is 0 Å². The lowest BCUT2D eigenvalue weighted by Gasteiger charge is -2.19. The molecule has 0 unspecified atom stereocenters. The lowest BCUT2D eigenvalue weighted by atomic mass is 9.87. The van der Waals surface area contributed by atoms with E-state index in [1.54, 1.807) is 11.8 Å². The minimum atomic E-state index is 0.183. The Kier molecular flexibility index (Phi) is 4.84. The van der Waals surface area contributed by atoms with Gasteiger partial charge < -0.3 is 10.5 Å². The summed E-state index contributed by atoms with van der Waals surface area (Å²) in [6.45, 7) is 9.29. The number of nitrogens with two attached hydrogens (primary N) is 1. The van der Waals surface area contributed by atoms with Gasteiger partial charge in [0.1, 0.15) is 5.75 Å². The summed E-state index contributed by atoms with van der Waals surface area (Å²) in [6.07, 6.45) is 0. The Morgan fingerprint density at radius 1 is 1.00 bits per heavy atom. The highest BCUT2D eigenvalue weighted by molar-refractivity contribution is 7.99. The standard InChI is InChI=1S/C18H23NOS/c1-5-20-15-10-14(19)11-17(12-15)21-16-8-6-13(7-9-16)18(2,3)4/h6-12H,5,19H2,1-4H3. The molecular weight excluding hydrogens is 278 g/mol. The van der Waals surface area contributed by atoms with Crippen LogP contribution in [0.4, 0.5) is 5.69 Å². The van der Waals surface area contributed by atoms with Crippen LogP contribution in [0.15, 0.2) is 52.3 Å². The number of rotatable bonds is 4. The van der Waals surface area contributed by atoms with Crippen molar-refractivity contribution < 1.29 is 4.74 Å². The molecule has 0 saturated carbocycles. The molecule has 0 radical (unpaired) electrons. The minimum Gasteiger partial charge on any atom is -0.494 e. The molecule has 2 rings (SSSR count). The minimum absolute atomic E-state index is 0.183. The third-order valence-corrected chi connectivity index (χ3v) is 4.15. The number of nitrogen functional groups attached to an aromatic ring is 1. The highest BCUT2D eigenvalue weighted by Gasteiger charge is 2.13. The van der Waals surface area contributed by atoms with Crippen LogP contribution < -0.4 is 10.5 Å². The predicted molar refractivity (Wildman–Crippen MR) is 91.3 cm³/mol. The maximum Gasteiger partial charge on any atom is 0.122 e. The van der Waals surface area contributed by atoms with Crippen molar-refractivity contribution in [1.82, 2.24) is 0 Å². The third kappa shape index (κ3) is 4.43. The summed E-state index contributed by atoms with van der Waals surface area (Å²) in [4.78, 5) is 2.30. The normalized spacial score (nSPS) is 11.4. The van der Waals surface area contributed by atoms with Gasteiger partial charge in [-0.1, -0.05) is 44.7 Å². The van der Waals surface area contributed by atoms with Crippen LogP contribution in [0.5, 0.6) is 5.75 Å². The van der Waals surface area contributed by atoms with Crippen molar-refractivity contribution in [3.63, 3.8) is 0 Å². The van der Waals surface area contributed by atoms with Crippen molar-refractivity contribution in [2.45, 2.75) is 42.9 Å². The number of anilines is 1. The Bertz CT molecular complexity index is 600. The van der Waals surface area contributed by atoms with Gasteiger partial charge >= 0.3 is 0 Å². The van der Waals surface area contributed by atoms with E-state index < -0.39 is 0 Å². The molecule has 21 heavy (non-hydrogen) atoms. The van der Waals surface area contributed by atoms with Crippen LogP contribution >= 0.6 is 11.8 Å². The fourth-order valence-electron chi connectivity index (χ4n) is 2.06. The molecule has 0 saturated heterocycles. The van der Waals surface area contributed by atoms with E-state index in [0.29, 0.717) is 6.61 Å². The van der Waals surface area contributed by atoms with Crippen LogP contribution in [0.3, 0.4) is 0 Å². The topological polar surface area (TPSA) is 35.2 Å². The number of hydrogen-bond donors (Lipinski definition) is 1. The van der Waals surface area contributed by atoms with E-state index in [4.69, 9.17) is 10.5 Å². The number of benzene rings is 2. The van der Waals surface area contributed by atoms with E-state index in [0.717, 1.165) is 16.3 Å². The smallest absolute Gasteiger partial charge is 0.122 e. The second-order valence-corrected chi connectivity index (χ2v) is 7.19. The molecule has 2 nitrogen and oxygen atoms in total. The van der Waals surface area contributed by atoms with Gasteiger partial charge in [-0.3, -0.25) is 0 Å². The summed E-state index contributed by atoms with van der Waals surface area (Å²) >= 11 is 1.70. The van der Waals surface area contributed by atoms with Gasteiger partial charge in [0.15, 0.2) is 0 Å². The van der Waals surface area contributed by atoms with Gasteiger partial charge in [0.25, 0.3) is 0 Å². The van der Waals surface area contributed by atoms with Crippen molar-refractivity contribution in [3.05, 3.63) is 48.0 Å². The number of hydrogen-bond acceptors (Lipinski definition) is 3. The maximum atomic E-state index is 5.93. The van der Waals surface area contributed by atoms with E-state index in [1.165, 1.54) is 10.5 Å². The second-order valence-electron chi connectivity index (χ2n) is 6.05. The zero-order valence-corrected chi connectivity index (χ0v) is 14.0. The summed E-state index contributed by atoms with van der Waals surface area (Å²) < 4.78 is 5.54. The molecule has 2 aromatic rings. The van der Waals surface area contributed by atoms with E-state index in [9.17, 15) is 0 Å². The largest absolute Gasteiger partial charge is 0.494 e. The van der Waals surface area contributed by atoms with Crippen LogP contribution in [0, 0.1) is 0 Å². The third-order valence-electron chi connectivity index (χ3n) is 3.17. The monoisotopic (exact) mass is 301 g/mol. The zero-order valence-electron chi connectivity index (χ0n) is 13.1. The Hall–Kier alpha value is -1.61. The molecule has 0 atom stereocenters. The molecule has 0 fully saturated rings. The zero-order chi connectivity index (χ0) is 15.5. The fourth-order valence-corrected chi connectivity index (χ4v) is 2.98. The van der Waals surface area contributed by atoms with Gasteiger partial charge in [-0.15, -0.1) is 0 Å². The summed E-state index contributed by atoms with van der Waals surface area (Å²) in [6, 6.07) is 14.6. The summed E-state index contributed by atoms with van der Waals surface area (Å²) in [5, 5.41) is 0. The van der Waals surface area contributed by atoms with Crippen molar-refractivity contribution in [2.75, 3.05) is 12.3 Å². The SMILES string of the molecule is CCOc1cc(N)cc(Sc2ccc(C(C)(C)C)cc2)c1. The Morgan fingerprint density at radius 3 is 2.24 bits per heavy atom. The molecule has 0 aliphatic heterocycles. The van der Waals surface area contributed by atoms with Crippen molar-refractivity contribution in [3.8, 4) is 5.75 Å². The second kappa shape index (κ2) is 6.44. The molecule has 0 amide bonds. The van der Waals surface area contributed by atoms with Crippen molar-refractivity contribution in [2.24, 2.45) is 0 Å². The van der Waals surface area contributed by atoms with Gasteiger partial charge in [0.05, 0.1) is 6.61 Å². The quantitative estimate of drug-likeness (QED) is 0.796. The predicted octanol–water partition coefficient (Wildman–Crippen LogP) is 5.12. The molecule has 112 valence electrons. The number of ether oxygens (including phenoxy) is 1. The summed E-state index contributed by atoms with van der Waals surface area (Å²) in [5.41, 5.74) is 8.19. The maximum absolute atomic E-state index is 5.93. The van der Waals surface area contributed by atoms with Gasteiger partial charge in [-0.2, -0.15) is 0 Å². The van der Waals surface area contributed by atoms with Crippen LogP contribution in [-0.4, -0.2) is 6.61 Å². The Balaban J connectivity index is 2.18. The van der Waals surface area contributed by atoms with Crippen LogP contribution in [0.25, 0.3) is 0 Å². The first-order valence-corrected chi connectivity index (χ1v) is 8.02. The van der Waals surface area contributed by atoms with Crippen LogP contribution in [0.1, 0.15) is 33.3 Å². The van der Waals surface area contributed by atoms with E-state index in [1.807, 2.05) is 25.1 Å². The van der Waals surface area contributed by atoms with E-state index in [2.05, 4.69) is 45.0 Å². The molecule has 0 aliphatic rings. The highest BCUT2D eigenvalue weighted by Crippen LogP contribution is 2.33. The van der Waals surface area contributed by atoms with Gasteiger partial charge in [-0.25, -0.2) is 0 Å². The lowest BCUT2D eigenvalue weighted by Crippen LogP contribution is -2.10. The molecular formula is C18H23NOS. The molecule has 2 aromatic carbocycles. The molecule has 0 aromatic heterocycles. The van der Waals surface area contributed by atoms with Gasteiger partial charge in [0, 0.05) is 21.5 Å². The molecule has 3 heteroatoms. The molecule has 0 heterocycles. The van der Waals surface area contributed by atoms with E-state index >= 15 is 0 Å². The van der Waals surface area contributed by atoms with Crippen molar-refractivity contribution in [1.29, 1.82) is 0 Å². The first-order chi connectivity index (χ1) is 9.88. The summed E-state index contributed by atoms with van der Waals surface area (Å²) in [5.74, 6) is 0.825. The van der Waals surface area contributed by atoms with Gasteiger partial charge in [0.2, 0.25) is 0 Å². The van der Waals surface area contributed by atoms with E-state index in [-0.39, 0.29) is 5.41 Å². The Labute approximate surface area is 131 Å². The Morgan fingerprint density at radius 2 is 1.67 bits per heavy atom. The first kappa shape index (κ1) is 15.8. The average Bonchev–Trinajstić information content (AvgIpc) is 2.38. The summed E-state index contributed by atoms with van der Waals surface area (Å²) in [7, 11) is 0. The van der Waals surface area contributed by atoms with Crippen molar-refractivity contribution >= 4 is 17.4 Å². The first-order valence-electron chi connectivity index (χ1n) is 7.20. The van der Waals surface area contributed by atoms with Crippen LogP contribution in [-0.2, 0) is 5.41 Å². The average molecular weight is 301 g/mol. The van der Waals surface area contributed by atoms with Gasteiger partial charge in [-0.05, 0) is 42.2 Å². The lowest BCUT2D eigenvalue weighted by molar-refractivity contribution is 0.339. The highest BCUT2D eigenvalue weighted by atomic mass is 32.2. The molecule has 0 spiro atoms. The molecule has 0 aliphatic carbocycles. The molecule has 0 bridgehead atoms. The fraction of sp³-hybridized carbons (Fsp3) is 0.333.